The van der Waals surface area contributed by atoms with Crippen LogP contribution in [0.4, 0.5) is 4.79 Å². The molecule has 0 saturated carbocycles. The lowest BCUT2D eigenvalue weighted by atomic mass is 10.2. The van der Waals surface area contributed by atoms with E-state index >= 15 is 0 Å². The van der Waals surface area contributed by atoms with Crippen LogP contribution in [-0.2, 0) is 9.59 Å². The number of benzene rings is 2. The summed E-state index contributed by atoms with van der Waals surface area (Å²) in [6.07, 6.45) is 1.52. The van der Waals surface area contributed by atoms with Crippen LogP contribution in [0, 0.1) is 0 Å². The lowest BCUT2D eigenvalue weighted by Gasteiger charge is -2.08. The largest absolute Gasteiger partial charge is 0.423 e. The molecule has 27 heavy (non-hydrogen) atoms. The number of hydrogen-bond donors (Lipinski definition) is 1. The van der Waals surface area contributed by atoms with Crippen LogP contribution in [0.3, 0.4) is 0 Å². The van der Waals surface area contributed by atoms with E-state index in [2.05, 4.69) is 0 Å². The van der Waals surface area contributed by atoms with E-state index in [0.717, 1.165) is 16.7 Å². The highest BCUT2D eigenvalue weighted by Crippen LogP contribution is 2.32. The van der Waals surface area contributed by atoms with E-state index in [-0.39, 0.29) is 4.91 Å². The zero-order valence-electron chi connectivity index (χ0n) is 14.0. The predicted molar refractivity (Wildman–Crippen MR) is 99.7 cm³/mol. The van der Waals surface area contributed by atoms with Gasteiger partial charge in [-0.1, -0.05) is 30.3 Å². The topological polar surface area (TPSA) is 107 Å². The van der Waals surface area contributed by atoms with Crippen molar-refractivity contribution in [3.63, 3.8) is 0 Å². The van der Waals surface area contributed by atoms with Gasteiger partial charge < -0.3 is 10.5 Å². The Hall–Kier alpha value is -3.39. The maximum Gasteiger partial charge on any atom is 0.343 e. The SMILES string of the molecule is NC(=O)CN1C(=O)S/C(=C\c2ccc(OC(=O)c3ccccc3)cc2)C1=O. The molecule has 7 nitrogen and oxygen atoms in total. The average molecular weight is 382 g/mol. The molecule has 2 N–H and O–H groups in total. The summed E-state index contributed by atoms with van der Waals surface area (Å²) in [6.45, 7) is -0.448. The van der Waals surface area contributed by atoms with Gasteiger partial charge >= 0.3 is 5.97 Å². The van der Waals surface area contributed by atoms with Gasteiger partial charge in [-0.3, -0.25) is 19.3 Å². The second kappa shape index (κ2) is 7.88. The van der Waals surface area contributed by atoms with Gasteiger partial charge in [0.2, 0.25) is 5.91 Å². The summed E-state index contributed by atoms with van der Waals surface area (Å²) in [4.78, 5) is 47.9. The van der Waals surface area contributed by atoms with E-state index in [1.54, 1.807) is 54.6 Å². The van der Waals surface area contributed by atoms with Gasteiger partial charge in [0.15, 0.2) is 0 Å². The first-order chi connectivity index (χ1) is 12.9. The molecule has 1 fully saturated rings. The standard InChI is InChI=1S/C19H14N2O5S/c20-16(22)11-21-17(23)15(27-19(21)25)10-12-6-8-14(9-7-12)26-18(24)13-4-2-1-3-5-13/h1-10H,11H2,(H2,20,22)/b15-10-. The summed E-state index contributed by atoms with van der Waals surface area (Å²) >= 11 is 0.736. The number of carbonyl (C=O) groups is 4. The molecule has 8 heteroatoms. The van der Waals surface area contributed by atoms with E-state index in [4.69, 9.17) is 10.5 Å². The summed E-state index contributed by atoms with van der Waals surface area (Å²) in [5.74, 6) is -1.45. The second-order valence-corrected chi connectivity index (χ2v) is 6.55. The van der Waals surface area contributed by atoms with Gasteiger partial charge in [-0.15, -0.1) is 0 Å². The molecule has 0 spiro atoms. The van der Waals surface area contributed by atoms with E-state index < -0.39 is 29.6 Å². The van der Waals surface area contributed by atoms with E-state index in [1.165, 1.54) is 6.08 Å². The number of imide groups is 1. The first-order valence-electron chi connectivity index (χ1n) is 7.85. The van der Waals surface area contributed by atoms with Crippen molar-refractivity contribution in [1.29, 1.82) is 0 Å². The van der Waals surface area contributed by atoms with Crippen LogP contribution in [-0.4, -0.2) is 34.5 Å². The molecule has 136 valence electrons. The minimum absolute atomic E-state index is 0.190. The molecular weight excluding hydrogens is 368 g/mol. The number of thioether (sulfide) groups is 1. The summed E-state index contributed by atoms with van der Waals surface area (Å²) in [5, 5.41) is -0.543. The van der Waals surface area contributed by atoms with Gasteiger partial charge in [0, 0.05) is 0 Å². The third kappa shape index (κ3) is 4.42. The first kappa shape index (κ1) is 18.4. The van der Waals surface area contributed by atoms with Crippen LogP contribution in [0.2, 0.25) is 0 Å². The van der Waals surface area contributed by atoms with Crippen molar-refractivity contribution in [1.82, 2.24) is 4.90 Å². The van der Waals surface area contributed by atoms with Crippen LogP contribution in [0.15, 0.2) is 59.5 Å². The van der Waals surface area contributed by atoms with Crippen molar-refractivity contribution in [2.24, 2.45) is 5.73 Å². The third-order valence-corrected chi connectivity index (χ3v) is 4.49. The molecule has 1 heterocycles. The zero-order valence-corrected chi connectivity index (χ0v) is 14.8. The number of esters is 1. The minimum atomic E-state index is -0.761. The number of nitrogens with two attached hydrogens (primary N) is 1. The smallest absolute Gasteiger partial charge is 0.343 e. The molecule has 1 aliphatic heterocycles. The van der Waals surface area contributed by atoms with Crippen molar-refractivity contribution in [2.75, 3.05) is 6.54 Å². The number of ether oxygens (including phenoxy) is 1. The van der Waals surface area contributed by atoms with Gasteiger partial charge in [0.1, 0.15) is 12.3 Å². The normalized spacial score (nSPS) is 15.3. The number of rotatable bonds is 5. The van der Waals surface area contributed by atoms with Gasteiger partial charge in [-0.2, -0.15) is 0 Å². The lowest BCUT2D eigenvalue weighted by Crippen LogP contribution is -2.36. The van der Waals surface area contributed by atoms with E-state index in [0.29, 0.717) is 16.9 Å². The molecule has 0 unspecified atom stereocenters. The van der Waals surface area contributed by atoms with Crippen LogP contribution in [0.25, 0.3) is 6.08 Å². The molecule has 2 aromatic carbocycles. The Morgan fingerprint density at radius 3 is 2.33 bits per heavy atom. The van der Waals surface area contributed by atoms with E-state index in [1.807, 2.05) is 0 Å². The van der Waals surface area contributed by atoms with Crippen molar-refractivity contribution in [2.45, 2.75) is 0 Å². The summed E-state index contributed by atoms with van der Waals surface area (Å²) < 4.78 is 5.28. The first-order valence-corrected chi connectivity index (χ1v) is 8.66. The molecule has 3 rings (SSSR count). The Kier molecular flexibility index (Phi) is 5.37. The molecule has 1 saturated heterocycles. The lowest BCUT2D eigenvalue weighted by molar-refractivity contribution is -0.127. The number of primary amides is 1. The molecule has 2 aromatic rings. The van der Waals surface area contributed by atoms with Crippen LogP contribution in [0.5, 0.6) is 5.75 Å². The molecule has 1 aliphatic rings. The maximum atomic E-state index is 12.2. The molecule has 0 bridgehead atoms. The monoisotopic (exact) mass is 382 g/mol. The predicted octanol–water partition coefficient (Wildman–Crippen LogP) is 2.43. The molecule has 3 amide bonds. The van der Waals surface area contributed by atoms with Crippen molar-refractivity contribution in [3.8, 4) is 5.75 Å². The minimum Gasteiger partial charge on any atom is -0.423 e. The average Bonchev–Trinajstić information content (AvgIpc) is 2.91. The molecule has 0 aromatic heterocycles. The molecule has 0 aliphatic carbocycles. The quantitative estimate of drug-likeness (QED) is 0.483. The fraction of sp³-hybridized carbons (Fsp3) is 0.0526. The Morgan fingerprint density at radius 2 is 1.70 bits per heavy atom. The van der Waals surface area contributed by atoms with Crippen LogP contribution in [0.1, 0.15) is 15.9 Å². The Balaban J connectivity index is 1.70. The highest BCUT2D eigenvalue weighted by Gasteiger charge is 2.35. The van der Waals surface area contributed by atoms with Gasteiger partial charge in [0.05, 0.1) is 10.5 Å². The van der Waals surface area contributed by atoms with Crippen molar-refractivity contribution >= 4 is 40.9 Å². The van der Waals surface area contributed by atoms with E-state index in [9.17, 15) is 19.2 Å². The summed E-state index contributed by atoms with van der Waals surface area (Å²) in [7, 11) is 0. The Bertz CT molecular complexity index is 938. The number of carbonyl (C=O) groups excluding carboxylic acids is 4. The Labute approximate surface area is 158 Å². The molecule has 0 atom stereocenters. The molecular formula is C19H14N2O5S. The summed E-state index contributed by atoms with van der Waals surface area (Å²) in [6, 6.07) is 15.1. The fourth-order valence-electron chi connectivity index (χ4n) is 2.32. The number of amides is 3. The van der Waals surface area contributed by atoms with Gasteiger partial charge in [-0.25, -0.2) is 4.79 Å². The van der Waals surface area contributed by atoms with Crippen molar-refractivity contribution < 1.29 is 23.9 Å². The highest BCUT2D eigenvalue weighted by molar-refractivity contribution is 8.18. The van der Waals surface area contributed by atoms with Gasteiger partial charge in [0.25, 0.3) is 11.1 Å². The fourth-order valence-corrected chi connectivity index (χ4v) is 3.15. The van der Waals surface area contributed by atoms with Crippen LogP contribution < -0.4 is 10.5 Å². The summed E-state index contributed by atoms with van der Waals surface area (Å²) in [5.41, 5.74) is 6.11. The second-order valence-electron chi connectivity index (χ2n) is 5.56. The highest BCUT2D eigenvalue weighted by atomic mass is 32.2. The number of nitrogens with zero attached hydrogens (tertiary/aromatic N) is 1. The number of hydrogen-bond acceptors (Lipinski definition) is 6. The maximum absolute atomic E-state index is 12.2. The van der Waals surface area contributed by atoms with Crippen LogP contribution >= 0.6 is 11.8 Å². The third-order valence-electron chi connectivity index (χ3n) is 3.59. The zero-order chi connectivity index (χ0) is 19.4. The molecule has 0 radical (unpaired) electrons. The van der Waals surface area contributed by atoms with Crippen molar-refractivity contribution in [3.05, 3.63) is 70.6 Å². The Morgan fingerprint density at radius 1 is 1.04 bits per heavy atom. The van der Waals surface area contributed by atoms with Gasteiger partial charge in [-0.05, 0) is 47.7 Å².